The molecule has 1 nitrogen and oxygen atoms in total. The van der Waals surface area contributed by atoms with E-state index in [2.05, 4.69) is 217 Å². The molecule has 2 aromatic heterocycles. The van der Waals surface area contributed by atoms with E-state index in [9.17, 15) is 0 Å². The van der Waals surface area contributed by atoms with Gasteiger partial charge in [-0.05, 0) is 81.4 Å². The summed E-state index contributed by atoms with van der Waals surface area (Å²) in [5, 5.41) is 5.28. The second-order valence-electron chi connectivity index (χ2n) is 14.5. The Kier molecular flexibility index (Phi) is 8.28. The standard InChI is InChI=1S/C54H35NS2/c1-2-12-36(13-3-1)37-24-26-38(27-25-37)43-14-4-7-21-50(43)55(41-32-28-39(29-33-41)44-17-10-19-48-46-15-5-8-22-51(46)56-53(44)48)42-34-30-40(31-35-42)45-18-11-20-49-47-16-6-9-23-52(47)57-54(45)49/h1-35H. The van der Waals surface area contributed by atoms with Crippen molar-refractivity contribution < 1.29 is 0 Å². The predicted octanol–water partition coefficient (Wildman–Crippen LogP) is 16.6. The molecule has 0 spiro atoms. The lowest BCUT2D eigenvalue weighted by atomic mass is 9.97. The van der Waals surface area contributed by atoms with Gasteiger partial charge in [0.05, 0.1) is 5.69 Å². The summed E-state index contributed by atoms with van der Waals surface area (Å²) in [6.45, 7) is 0. The lowest BCUT2D eigenvalue weighted by molar-refractivity contribution is 1.28. The molecule has 0 amide bonds. The van der Waals surface area contributed by atoms with Gasteiger partial charge < -0.3 is 4.90 Å². The molecule has 2 heterocycles. The van der Waals surface area contributed by atoms with Crippen LogP contribution >= 0.6 is 22.7 Å². The fourth-order valence-electron chi connectivity index (χ4n) is 8.34. The van der Waals surface area contributed by atoms with E-state index in [1.807, 2.05) is 22.7 Å². The minimum absolute atomic E-state index is 1.11. The molecule has 0 bridgehead atoms. The van der Waals surface area contributed by atoms with Crippen molar-refractivity contribution >= 4 is 80.1 Å². The molecule has 0 aliphatic heterocycles. The first-order valence-electron chi connectivity index (χ1n) is 19.3. The largest absolute Gasteiger partial charge is 0.310 e. The number of rotatable bonds is 7. The molecule has 3 heteroatoms. The van der Waals surface area contributed by atoms with E-state index in [1.165, 1.54) is 84.9 Å². The molecular formula is C54H35NS2. The summed E-state index contributed by atoms with van der Waals surface area (Å²) in [5.41, 5.74) is 13.1. The van der Waals surface area contributed by atoms with Gasteiger partial charge in [-0.1, -0.05) is 170 Å². The molecule has 0 aliphatic carbocycles. The van der Waals surface area contributed by atoms with Crippen LogP contribution in [0.25, 0.3) is 84.9 Å². The maximum atomic E-state index is 2.41. The van der Waals surface area contributed by atoms with Crippen LogP contribution in [0.5, 0.6) is 0 Å². The van der Waals surface area contributed by atoms with Crippen LogP contribution in [0.4, 0.5) is 17.1 Å². The first kappa shape index (κ1) is 33.5. The van der Waals surface area contributed by atoms with Crippen molar-refractivity contribution in [2.45, 2.75) is 0 Å². The van der Waals surface area contributed by atoms with Crippen molar-refractivity contribution in [3.8, 4) is 44.5 Å². The van der Waals surface area contributed by atoms with Crippen LogP contribution in [0, 0.1) is 0 Å². The van der Waals surface area contributed by atoms with Gasteiger partial charge in [0, 0.05) is 57.3 Å². The van der Waals surface area contributed by atoms with Gasteiger partial charge in [0.2, 0.25) is 0 Å². The Morgan fingerprint density at radius 2 is 0.649 bits per heavy atom. The fraction of sp³-hybridized carbons (Fsp3) is 0. The molecule has 0 saturated carbocycles. The van der Waals surface area contributed by atoms with Gasteiger partial charge in [0.1, 0.15) is 0 Å². The molecule has 0 saturated heterocycles. The molecule has 0 aliphatic rings. The van der Waals surface area contributed by atoms with Crippen LogP contribution in [0.1, 0.15) is 0 Å². The highest BCUT2D eigenvalue weighted by Crippen LogP contribution is 2.45. The number of nitrogens with zero attached hydrogens (tertiary/aromatic N) is 1. The van der Waals surface area contributed by atoms with Crippen LogP contribution in [0.15, 0.2) is 212 Å². The normalized spacial score (nSPS) is 11.5. The van der Waals surface area contributed by atoms with Crippen LogP contribution in [0.3, 0.4) is 0 Å². The highest BCUT2D eigenvalue weighted by molar-refractivity contribution is 7.26. The topological polar surface area (TPSA) is 3.24 Å². The zero-order valence-corrected chi connectivity index (χ0v) is 32.6. The second kappa shape index (κ2) is 14.1. The summed E-state index contributed by atoms with van der Waals surface area (Å²) in [6, 6.07) is 77.5. The molecule has 11 aromatic rings. The van der Waals surface area contributed by atoms with Crippen LogP contribution in [-0.2, 0) is 0 Å². The van der Waals surface area contributed by atoms with E-state index in [0.717, 1.165) is 17.1 Å². The van der Waals surface area contributed by atoms with E-state index < -0.39 is 0 Å². The molecule has 9 aromatic carbocycles. The summed E-state index contributed by atoms with van der Waals surface area (Å²) in [6.07, 6.45) is 0. The number of para-hydroxylation sites is 1. The van der Waals surface area contributed by atoms with E-state index in [4.69, 9.17) is 0 Å². The Labute approximate surface area is 340 Å². The predicted molar refractivity (Wildman–Crippen MR) is 249 cm³/mol. The first-order chi connectivity index (χ1) is 28.3. The SMILES string of the molecule is c1ccc(-c2ccc(-c3ccccc3N(c3ccc(-c4cccc5c4sc4ccccc45)cc3)c3ccc(-c4cccc5c4sc4ccccc45)cc3)cc2)cc1. The van der Waals surface area contributed by atoms with Crippen LogP contribution < -0.4 is 4.90 Å². The van der Waals surface area contributed by atoms with Crippen molar-refractivity contribution in [3.05, 3.63) is 212 Å². The smallest absolute Gasteiger partial charge is 0.0540 e. The Hall–Kier alpha value is -6.78. The van der Waals surface area contributed by atoms with Crippen LogP contribution in [-0.4, -0.2) is 0 Å². The zero-order chi connectivity index (χ0) is 37.7. The van der Waals surface area contributed by atoms with Gasteiger partial charge in [-0.15, -0.1) is 22.7 Å². The monoisotopic (exact) mass is 761 g/mol. The lowest BCUT2D eigenvalue weighted by Crippen LogP contribution is -2.11. The van der Waals surface area contributed by atoms with Gasteiger partial charge >= 0.3 is 0 Å². The third kappa shape index (κ3) is 5.91. The molecule has 57 heavy (non-hydrogen) atoms. The summed E-state index contributed by atoms with van der Waals surface area (Å²) in [5.74, 6) is 0. The van der Waals surface area contributed by atoms with Crippen molar-refractivity contribution in [2.24, 2.45) is 0 Å². The van der Waals surface area contributed by atoms with Crippen molar-refractivity contribution in [1.82, 2.24) is 0 Å². The summed E-state index contributed by atoms with van der Waals surface area (Å²) in [4.78, 5) is 2.41. The van der Waals surface area contributed by atoms with Gasteiger partial charge in [-0.25, -0.2) is 0 Å². The van der Waals surface area contributed by atoms with Crippen LogP contribution in [0.2, 0.25) is 0 Å². The molecule has 0 fully saturated rings. The third-order valence-corrected chi connectivity index (χ3v) is 13.6. The molecule has 11 rings (SSSR count). The average Bonchev–Trinajstić information content (AvgIpc) is 3.87. The Morgan fingerprint density at radius 1 is 0.263 bits per heavy atom. The minimum atomic E-state index is 1.11. The van der Waals surface area contributed by atoms with E-state index in [0.29, 0.717) is 0 Å². The molecule has 268 valence electrons. The Balaban J connectivity index is 1.03. The van der Waals surface area contributed by atoms with E-state index >= 15 is 0 Å². The second-order valence-corrected chi connectivity index (χ2v) is 16.6. The zero-order valence-electron chi connectivity index (χ0n) is 31.0. The quantitative estimate of drug-likeness (QED) is 0.156. The van der Waals surface area contributed by atoms with Gasteiger partial charge in [-0.2, -0.15) is 0 Å². The van der Waals surface area contributed by atoms with Gasteiger partial charge in [0.15, 0.2) is 0 Å². The van der Waals surface area contributed by atoms with Gasteiger partial charge in [-0.3, -0.25) is 0 Å². The number of hydrogen-bond acceptors (Lipinski definition) is 3. The summed E-state index contributed by atoms with van der Waals surface area (Å²) in [7, 11) is 0. The molecule has 0 N–H and O–H groups in total. The van der Waals surface area contributed by atoms with Crippen molar-refractivity contribution in [2.75, 3.05) is 4.90 Å². The van der Waals surface area contributed by atoms with Crippen molar-refractivity contribution in [3.63, 3.8) is 0 Å². The number of thiophene rings is 2. The highest BCUT2D eigenvalue weighted by Gasteiger charge is 2.19. The average molecular weight is 762 g/mol. The lowest BCUT2D eigenvalue weighted by Gasteiger charge is -2.28. The van der Waals surface area contributed by atoms with E-state index in [1.54, 1.807) is 0 Å². The minimum Gasteiger partial charge on any atom is -0.310 e. The number of fused-ring (bicyclic) bond motifs is 6. The fourth-order valence-corrected chi connectivity index (χ4v) is 10.8. The number of benzene rings is 9. The maximum Gasteiger partial charge on any atom is 0.0540 e. The molecule has 0 unspecified atom stereocenters. The Morgan fingerprint density at radius 3 is 1.21 bits per heavy atom. The van der Waals surface area contributed by atoms with E-state index in [-0.39, 0.29) is 0 Å². The number of anilines is 3. The maximum absolute atomic E-state index is 2.41. The Bertz CT molecular complexity index is 3050. The third-order valence-electron chi connectivity index (χ3n) is 11.1. The number of hydrogen-bond donors (Lipinski definition) is 0. The summed E-state index contributed by atoms with van der Waals surface area (Å²) >= 11 is 3.76. The molecule has 0 radical (unpaired) electrons. The highest BCUT2D eigenvalue weighted by atomic mass is 32.1. The first-order valence-corrected chi connectivity index (χ1v) is 21.0. The van der Waals surface area contributed by atoms with Gasteiger partial charge in [0.25, 0.3) is 0 Å². The molecular weight excluding hydrogens is 727 g/mol. The van der Waals surface area contributed by atoms with Crippen molar-refractivity contribution in [1.29, 1.82) is 0 Å². The molecule has 0 atom stereocenters. The summed E-state index contributed by atoms with van der Waals surface area (Å²) < 4.78 is 5.31.